The van der Waals surface area contributed by atoms with E-state index in [2.05, 4.69) is 41.8 Å². The second-order valence-electron chi connectivity index (χ2n) is 4.58. The minimum absolute atomic E-state index is 0.485. The molecule has 1 unspecified atom stereocenters. The third kappa shape index (κ3) is 4.88. The lowest BCUT2D eigenvalue weighted by atomic mass is 9.99. The summed E-state index contributed by atoms with van der Waals surface area (Å²) in [6.07, 6.45) is 4.80. The third-order valence-electron chi connectivity index (χ3n) is 3.19. The average Bonchev–Trinajstić information content (AvgIpc) is 2.36. The van der Waals surface area contributed by atoms with Gasteiger partial charge < -0.3 is 10.6 Å². The molecular weight excluding hydrogens is 208 g/mol. The van der Waals surface area contributed by atoms with E-state index in [1.54, 1.807) is 0 Å². The number of benzene rings is 1. The Labute approximate surface area is 106 Å². The van der Waals surface area contributed by atoms with Crippen LogP contribution in [0.4, 0.5) is 0 Å². The Morgan fingerprint density at radius 1 is 1.12 bits per heavy atom. The van der Waals surface area contributed by atoms with Gasteiger partial charge in [0, 0.05) is 6.04 Å². The highest BCUT2D eigenvalue weighted by Gasteiger charge is 2.08. The smallest absolute Gasteiger partial charge is 0.0317 e. The van der Waals surface area contributed by atoms with Crippen LogP contribution >= 0.6 is 0 Å². The molecule has 0 radical (unpaired) electrons. The van der Waals surface area contributed by atoms with Gasteiger partial charge in [-0.15, -0.1) is 0 Å². The lowest BCUT2D eigenvalue weighted by molar-refractivity contribution is 0.518. The first-order valence-electron chi connectivity index (χ1n) is 6.72. The van der Waals surface area contributed by atoms with Crippen LogP contribution in [0.15, 0.2) is 24.3 Å². The monoisotopic (exact) mass is 234 g/mol. The molecule has 17 heavy (non-hydrogen) atoms. The predicted octanol–water partition coefficient (Wildman–Crippen LogP) is 2.90. The van der Waals surface area contributed by atoms with E-state index in [0.29, 0.717) is 6.04 Å². The van der Waals surface area contributed by atoms with Gasteiger partial charge in [0.1, 0.15) is 0 Å². The molecule has 1 rings (SSSR count). The molecule has 96 valence electrons. The molecule has 0 aliphatic heterocycles. The van der Waals surface area contributed by atoms with Gasteiger partial charge in [0.05, 0.1) is 0 Å². The first-order valence-corrected chi connectivity index (χ1v) is 6.72. The molecule has 0 aliphatic rings. The highest BCUT2D eigenvalue weighted by atomic mass is 14.9. The minimum atomic E-state index is 0.485. The molecule has 0 saturated carbocycles. The number of rotatable bonds is 8. The van der Waals surface area contributed by atoms with Crippen molar-refractivity contribution >= 4 is 0 Å². The van der Waals surface area contributed by atoms with Crippen LogP contribution < -0.4 is 10.6 Å². The van der Waals surface area contributed by atoms with Crippen LogP contribution in [0.2, 0.25) is 0 Å². The summed E-state index contributed by atoms with van der Waals surface area (Å²) in [6, 6.07) is 9.55. The van der Waals surface area contributed by atoms with E-state index < -0.39 is 0 Å². The zero-order chi connectivity index (χ0) is 12.5. The Morgan fingerprint density at radius 2 is 1.82 bits per heavy atom. The molecular formula is C15H26N2. The van der Waals surface area contributed by atoms with Gasteiger partial charge in [-0.2, -0.15) is 0 Å². The molecule has 1 aromatic carbocycles. The van der Waals surface area contributed by atoms with Gasteiger partial charge in [-0.25, -0.2) is 0 Å². The van der Waals surface area contributed by atoms with Gasteiger partial charge in [0.25, 0.3) is 0 Å². The fourth-order valence-electron chi connectivity index (χ4n) is 2.17. The summed E-state index contributed by atoms with van der Waals surface area (Å²) in [5.41, 5.74) is 2.85. The maximum absolute atomic E-state index is 3.40. The van der Waals surface area contributed by atoms with Crippen LogP contribution in [-0.2, 0) is 6.42 Å². The first-order chi connectivity index (χ1) is 8.31. The summed E-state index contributed by atoms with van der Waals surface area (Å²) in [5.74, 6) is 0. The van der Waals surface area contributed by atoms with E-state index in [1.807, 2.05) is 14.1 Å². The molecule has 0 amide bonds. The van der Waals surface area contributed by atoms with Crippen molar-refractivity contribution in [2.24, 2.45) is 0 Å². The van der Waals surface area contributed by atoms with Crippen molar-refractivity contribution < 1.29 is 0 Å². The summed E-state index contributed by atoms with van der Waals surface area (Å²) in [7, 11) is 4.05. The van der Waals surface area contributed by atoms with Crippen LogP contribution in [0.25, 0.3) is 0 Å². The van der Waals surface area contributed by atoms with Crippen molar-refractivity contribution in [2.75, 3.05) is 20.6 Å². The second-order valence-corrected chi connectivity index (χ2v) is 4.58. The van der Waals surface area contributed by atoms with Crippen LogP contribution in [-0.4, -0.2) is 20.6 Å². The molecule has 0 fully saturated rings. The van der Waals surface area contributed by atoms with Gasteiger partial charge in [-0.05, 0) is 51.0 Å². The van der Waals surface area contributed by atoms with Crippen molar-refractivity contribution in [3.8, 4) is 0 Å². The van der Waals surface area contributed by atoms with Gasteiger partial charge in [-0.1, -0.05) is 37.6 Å². The second kappa shape index (κ2) is 8.26. The van der Waals surface area contributed by atoms with Gasteiger partial charge in [0.15, 0.2) is 0 Å². The Bertz CT molecular complexity index is 292. The predicted molar refractivity (Wildman–Crippen MR) is 75.4 cm³/mol. The molecule has 0 heterocycles. The fraction of sp³-hybridized carbons (Fsp3) is 0.600. The maximum atomic E-state index is 3.40. The highest BCUT2D eigenvalue weighted by Crippen LogP contribution is 2.18. The SMILES string of the molecule is CCCc1ccc(C(CCCNC)NC)cc1. The molecule has 0 bridgehead atoms. The van der Waals surface area contributed by atoms with Crippen molar-refractivity contribution in [1.29, 1.82) is 0 Å². The van der Waals surface area contributed by atoms with E-state index in [1.165, 1.54) is 36.8 Å². The molecule has 2 N–H and O–H groups in total. The van der Waals surface area contributed by atoms with Crippen LogP contribution in [0, 0.1) is 0 Å². The van der Waals surface area contributed by atoms with E-state index in [0.717, 1.165) is 6.54 Å². The van der Waals surface area contributed by atoms with Crippen LogP contribution in [0.3, 0.4) is 0 Å². The molecule has 2 nitrogen and oxygen atoms in total. The summed E-state index contributed by atoms with van der Waals surface area (Å²) in [5, 5.41) is 6.60. The van der Waals surface area contributed by atoms with Gasteiger partial charge in [0.2, 0.25) is 0 Å². The largest absolute Gasteiger partial charge is 0.320 e. The Kier molecular flexibility index (Phi) is 6.90. The van der Waals surface area contributed by atoms with E-state index in [-0.39, 0.29) is 0 Å². The summed E-state index contributed by atoms with van der Waals surface area (Å²) in [4.78, 5) is 0. The average molecular weight is 234 g/mol. The minimum Gasteiger partial charge on any atom is -0.320 e. The maximum Gasteiger partial charge on any atom is 0.0317 e. The van der Waals surface area contributed by atoms with E-state index >= 15 is 0 Å². The first kappa shape index (κ1) is 14.2. The third-order valence-corrected chi connectivity index (χ3v) is 3.19. The van der Waals surface area contributed by atoms with Crippen molar-refractivity contribution in [1.82, 2.24) is 10.6 Å². The molecule has 1 atom stereocenters. The lowest BCUT2D eigenvalue weighted by Gasteiger charge is -2.17. The van der Waals surface area contributed by atoms with Crippen LogP contribution in [0.1, 0.15) is 43.4 Å². The van der Waals surface area contributed by atoms with E-state index in [4.69, 9.17) is 0 Å². The highest BCUT2D eigenvalue weighted by molar-refractivity contribution is 5.25. The quantitative estimate of drug-likeness (QED) is 0.676. The van der Waals surface area contributed by atoms with Crippen molar-refractivity contribution in [2.45, 2.75) is 38.6 Å². The molecule has 1 aromatic rings. The molecule has 0 saturated heterocycles. The molecule has 0 aliphatic carbocycles. The summed E-state index contributed by atoms with van der Waals surface area (Å²) >= 11 is 0. The standard InChI is InChI=1S/C15H26N2/c1-4-6-13-8-10-14(11-9-13)15(17-3)7-5-12-16-2/h8-11,15-17H,4-7,12H2,1-3H3. The summed E-state index contributed by atoms with van der Waals surface area (Å²) in [6.45, 7) is 3.31. The van der Waals surface area contributed by atoms with Crippen LogP contribution in [0.5, 0.6) is 0 Å². The fourth-order valence-corrected chi connectivity index (χ4v) is 2.17. The zero-order valence-electron chi connectivity index (χ0n) is 11.4. The zero-order valence-corrected chi connectivity index (χ0v) is 11.4. The normalized spacial score (nSPS) is 12.6. The summed E-state index contributed by atoms with van der Waals surface area (Å²) < 4.78 is 0. The van der Waals surface area contributed by atoms with Crippen molar-refractivity contribution in [3.05, 3.63) is 35.4 Å². The number of nitrogens with one attached hydrogen (secondary N) is 2. The molecule has 0 aromatic heterocycles. The Morgan fingerprint density at radius 3 is 2.35 bits per heavy atom. The molecule has 2 heteroatoms. The topological polar surface area (TPSA) is 24.1 Å². The number of aryl methyl sites for hydroxylation is 1. The Hall–Kier alpha value is -0.860. The number of hydrogen-bond donors (Lipinski definition) is 2. The van der Waals surface area contributed by atoms with Gasteiger partial charge >= 0.3 is 0 Å². The lowest BCUT2D eigenvalue weighted by Crippen LogP contribution is -2.18. The van der Waals surface area contributed by atoms with Crippen molar-refractivity contribution in [3.63, 3.8) is 0 Å². The number of hydrogen-bond acceptors (Lipinski definition) is 2. The van der Waals surface area contributed by atoms with E-state index in [9.17, 15) is 0 Å². The molecule has 0 spiro atoms. The Balaban J connectivity index is 2.55. The van der Waals surface area contributed by atoms with Gasteiger partial charge in [-0.3, -0.25) is 0 Å².